The summed E-state index contributed by atoms with van der Waals surface area (Å²) in [7, 11) is 0. The molecule has 0 bridgehead atoms. The minimum atomic E-state index is -4.19. The van der Waals surface area contributed by atoms with Gasteiger partial charge in [0.15, 0.2) is 0 Å². The number of alkyl halides is 3. The van der Waals surface area contributed by atoms with E-state index in [0.717, 1.165) is 4.47 Å². The van der Waals surface area contributed by atoms with Crippen LogP contribution < -0.4 is 5.32 Å². The highest BCUT2D eigenvalue weighted by Crippen LogP contribution is 2.49. The van der Waals surface area contributed by atoms with Gasteiger partial charge in [-0.1, -0.05) is 27.5 Å². The van der Waals surface area contributed by atoms with Crippen LogP contribution in [0.25, 0.3) is 0 Å². The van der Waals surface area contributed by atoms with Gasteiger partial charge in [-0.3, -0.25) is 5.32 Å². The van der Waals surface area contributed by atoms with Crippen molar-refractivity contribution >= 4 is 27.5 Å². The lowest BCUT2D eigenvalue weighted by molar-refractivity contribution is -0.166. The van der Waals surface area contributed by atoms with Crippen molar-refractivity contribution < 1.29 is 13.2 Å². The van der Waals surface area contributed by atoms with Gasteiger partial charge in [-0.2, -0.15) is 13.2 Å². The molecular formula is C11H10BrClF3N. The maximum Gasteiger partial charge on any atom is 0.406 e. The molecule has 1 nitrogen and oxygen atoms in total. The smallest absolute Gasteiger partial charge is 0.299 e. The van der Waals surface area contributed by atoms with Crippen molar-refractivity contribution in [1.29, 1.82) is 0 Å². The third-order valence-corrected chi connectivity index (χ3v) is 3.78. The van der Waals surface area contributed by atoms with E-state index < -0.39 is 11.7 Å². The second-order valence-corrected chi connectivity index (χ2v) is 5.49. The maximum atomic E-state index is 12.7. The van der Waals surface area contributed by atoms with Crippen LogP contribution >= 0.6 is 27.5 Å². The average molecular weight is 329 g/mol. The Bertz CT molecular complexity index is 429. The third kappa shape index (κ3) is 2.77. The molecule has 0 amide bonds. The predicted molar refractivity (Wildman–Crippen MR) is 64.0 cm³/mol. The first-order chi connectivity index (χ1) is 7.84. The highest BCUT2D eigenvalue weighted by atomic mass is 79.9. The van der Waals surface area contributed by atoms with E-state index in [9.17, 15) is 13.2 Å². The van der Waals surface area contributed by atoms with Crippen molar-refractivity contribution in [3.05, 3.63) is 33.3 Å². The van der Waals surface area contributed by atoms with Crippen LogP contribution in [0.4, 0.5) is 13.2 Å². The van der Waals surface area contributed by atoms with Crippen LogP contribution in [0.1, 0.15) is 18.4 Å². The fraction of sp³-hybridized carbons (Fsp3) is 0.455. The SMILES string of the molecule is FC(F)(F)C1(NCc2cc(Br)ccc2Cl)CC1. The highest BCUT2D eigenvalue weighted by molar-refractivity contribution is 9.10. The zero-order chi connectivity index (χ0) is 12.7. The molecule has 0 heterocycles. The monoisotopic (exact) mass is 327 g/mol. The van der Waals surface area contributed by atoms with Crippen LogP contribution in [-0.2, 0) is 6.54 Å². The van der Waals surface area contributed by atoms with Crippen molar-refractivity contribution in [2.45, 2.75) is 31.1 Å². The summed E-state index contributed by atoms with van der Waals surface area (Å²) < 4.78 is 38.8. The molecule has 6 heteroatoms. The summed E-state index contributed by atoms with van der Waals surface area (Å²) >= 11 is 9.18. The molecule has 17 heavy (non-hydrogen) atoms. The Balaban J connectivity index is 2.06. The van der Waals surface area contributed by atoms with E-state index in [2.05, 4.69) is 21.2 Å². The lowest BCUT2D eigenvalue weighted by Crippen LogP contribution is -2.44. The molecule has 0 radical (unpaired) electrons. The van der Waals surface area contributed by atoms with Crippen molar-refractivity contribution in [1.82, 2.24) is 5.32 Å². The second-order valence-electron chi connectivity index (χ2n) is 4.17. The molecule has 1 aliphatic rings. The first-order valence-electron chi connectivity index (χ1n) is 5.10. The van der Waals surface area contributed by atoms with E-state index in [1.165, 1.54) is 0 Å². The minimum Gasteiger partial charge on any atom is -0.299 e. The first kappa shape index (κ1) is 13.2. The van der Waals surface area contributed by atoms with E-state index in [0.29, 0.717) is 10.6 Å². The van der Waals surface area contributed by atoms with Crippen molar-refractivity contribution in [2.75, 3.05) is 0 Å². The Morgan fingerprint density at radius 3 is 2.53 bits per heavy atom. The second kappa shape index (κ2) is 4.44. The average Bonchev–Trinajstić information content (AvgIpc) is 2.99. The molecule has 0 aliphatic heterocycles. The molecule has 1 saturated carbocycles. The molecule has 0 spiro atoms. The number of hydrogen-bond acceptors (Lipinski definition) is 1. The normalized spacial score (nSPS) is 18.2. The zero-order valence-corrected chi connectivity index (χ0v) is 11.1. The quantitative estimate of drug-likeness (QED) is 0.873. The molecule has 2 rings (SSSR count). The fourth-order valence-corrected chi connectivity index (χ4v) is 2.22. The molecule has 1 aromatic carbocycles. The number of hydrogen-bond donors (Lipinski definition) is 1. The Kier molecular flexibility index (Phi) is 3.45. The molecule has 0 unspecified atom stereocenters. The number of benzene rings is 1. The number of halogens is 5. The third-order valence-electron chi connectivity index (χ3n) is 2.92. The minimum absolute atomic E-state index is 0.123. The molecule has 0 aromatic heterocycles. The molecule has 1 fully saturated rings. The van der Waals surface area contributed by atoms with Gasteiger partial charge in [0.2, 0.25) is 0 Å². The molecule has 1 aromatic rings. The molecule has 1 N–H and O–H groups in total. The summed E-state index contributed by atoms with van der Waals surface area (Å²) in [6.07, 6.45) is -3.91. The van der Waals surface area contributed by atoms with Gasteiger partial charge in [0.1, 0.15) is 5.54 Å². The molecule has 0 saturated heterocycles. The first-order valence-corrected chi connectivity index (χ1v) is 6.27. The van der Waals surface area contributed by atoms with Gasteiger partial charge in [-0.15, -0.1) is 0 Å². The van der Waals surface area contributed by atoms with Gasteiger partial charge in [0, 0.05) is 16.0 Å². The van der Waals surface area contributed by atoms with Crippen LogP contribution in [0, 0.1) is 0 Å². The molecular weight excluding hydrogens is 318 g/mol. The maximum absolute atomic E-state index is 12.7. The summed E-state index contributed by atoms with van der Waals surface area (Å²) in [6.45, 7) is 0.123. The largest absolute Gasteiger partial charge is 0.406 e. The van der Waals surface area contributed by atoms with E-state index in [-0.39, 0.29) is 19.4 Å². The number of nitrogens with one attached hydrogen (secondary N) is 1. The van der Waals surface area contributed by atoms with Gasteiger partial charge >= 0.3 is 6.18 Å². The van der Waals surface area contributed by atoms with Crippen molar-refractivity contribution in [2.24, 2.45) is 0 Å². The van der Waals surface area contributed by atoms with Crippen LogP contribution in [-0.4, -0.2) is 11.7 Å². The summed E-state index contributed by atoms with van der Waals surface area (Å²) in [5, 5.41) is 3.04. The zero-order valence-electron chi connectivity index (χ0n) is 8.74. The van der Waals surface area contributed by atoms with Gasteiger partial charge in [-0.05, 0) is 36.6 Å². The lowest BCUT2D eigenvalue weighted by atomic mass is 10.2. The van der Waals surface area contributed by atoms with E-state index >= 15 is 0 Å². The van der Waals surface area contributed by atoms with Gasteiger partial charge in [0.25, 0.3) is 0 Å². The van der Waals surface area contributed by atoms with E-state index in [4.69, 9.17) is 11.6 Å². The highest BCUT2D eigenvalue weighted by Gasteiger charge is 2.62. The molecule has 1 aliphatic carbocycles. The summed E-state index contributed by atoms with van der Waals surface area (Å²) in [6, 6.07) is 5.14. The van der Waals surface area contributed by atoms with Crippen LogP contribution in [0.5, 0.6) is 0 Å². The number of rotatable bonds is 3. The fourth-order valence-electron chi connectivity index (χ4n) is 1.63. The Hall–Kier alpha value is -0.260. The summed E-state index contributed by atoms with van der Waals surface area (Å²) in [5.74, 6) is 0. The van der Waals surface area contributed by atoms with Crippen molar-refractivity contribution in [3.8, 4) is 0 Å². The molecule has 0 atom stereocenters. The molecule has 94 valence electrons. The predicted octanol–water partition coefficient (Wildman–Crippen LogP) is 4.29. The van der Waals surface area contributed by atoms with Crippen molar-refractivity contribution in [3.63, 3.8) is 0 Å². The van der Waals surface area contributed by atoms with Crippen LogP contribution in [0.15, 0.2) is 22.7 Å². The topological polar surface area (TPSA) is 12.0 Å². The summed E-state index contributed by atoms with van der Waals surface area (Å²) in [4.78, 5) is 0. The van der Waals surface area contributed by atoms with E-state index in [1.807, 2.05) is 0 Å². The lowest BCUT2D eigenvalue weighted by Gasteiger charge is -2.21. The van der Waals surface area contributed by atoms with Crippen LogP contribution in [0.2, 0.25) is 5.02 Å². The van der Waals surface area contributed by atoms with Gasteiger partial charge in [0.05, 0.1) is 0 Å². The van der Waals surface area contributed by atoms with Crippen LogP contribution in [0.3, 0.4) is 0 Å². The van der Waals surface area contributed by atoms with E-state index in [1.54, 1.807) is 18.2 Å². The Labute approximate surface area is 110 Å². The van der Waals surface area contributed by atoms with Gasteiger partial charge in [-0.25, -0.2) is 0 Å². The Morgan fingerprint density at radius 1 is 1.35 bits per heavy atom. The van der Waals surface area contributed by atoms with Gasteiger partial charge < -0.3 is 0 Å². The Morgan fingerprint density at radius 2 is 2.00 bits per heavy atom. The standard InChI is InChI=1S/C11H10BrClF3N/c12-8-1-2-9(13)7(5-8)6-17-10(3-4-10)11(14,15)16/h1-2,5,17H,3-4,6H2. The summed E-state index contributed by atoms with van der Waals surface area (Å²) in [5.41, 5.74) is -1.03.